The highest BCUT2D eigenvalue weighted by Crippen LogP contribution is 2.33. The highest BCUT2D eigenvalue weighted by atomic mass is 19.1. The van der Waals surface area contributed by atoms with E-state index in [1.807, 2.05) is 30.3 Å². The minimum absolute atomic E-state index is 0.0179. The minimum Gasteiger partial charge on any atom is -0.322 e. The van der Waals surface area contributed by atoms with Gasteiger partial charge in [0.1, 0.15) is 11.9 Å². The van der Waals surface area contributed by atoms with E-state index in [-0.39, 0.29) is 30.9 Å². The summed E-state index contributed by atoms with van der Waals surface area (Å²) in [6.07, 6.45) is 0.436. The van der Waals surface area contributed by atoms with Crippen LogP contribution in [-0.2, 0) is 16.1 Å². The molecule has 0 bridgehead atoms. The second-order valence-electron chi connectivity index (χ2n) is 6.26. The van der Waals surface area contributed by atoms with Gasteiger partial charge in [0.25, 0.3) is 5.91 Å². The number of nitrogens with one attached hydrogen (secondary N) is 1. The Morgan fingerprint density at radius 1 is 1.04 bits per heavy atom. The van der Waals surface area contributed by atoms with Crippen LogP contribution in [0.1, 0.15) is 28.8 Å². The maximum absolute atomic E-state index is 14.6. The third-order valence-electron chi connectivity index (χ3n) is 4.68. The molecule has 5 nitrogen and oxygen atoms in total. The Hall–Kier alpha value is -3.02. The van der Waals surface area contributed by atoms with E-state index in [9.17, 15) is 18.8 Å². The summed E-state index contributed by atoms with van der Waals surface area (Å²) < 4.78 is 14.6. The van der Waals surface area contributed by atoms with Gasteiger partial charge in [-0.2, -0.15) is 0 Å². The molecule has 4 rings (SSSR count). The van der Waals surface area contributed by atoms with Gasteiger partial charge in [-0.05, 0) is 35.2 Å². The van der Waals surface area contributed by atoms with Crippen LogP contribution in [0.4, 0.5) is 4.39 Å². The largest absolute Gasteiger partial charge is 0.322 e. The molecule has 1 N–H and O–H groups in total. The minimum atomic E-state index is -0.739. The van der Waals surface area contributed by atoms with Crippen molar-refractivity contribution in [3.05, 3.63) is 59.4 Å². The lowest BCUT2D eigenvalue weighted by atomic mass is 10.00. The maximum atomic E-state index is 14.6. The predicted octanol–water partition coefficient (Wildman–Crippen LogP) is 2.25. The normalized spacial score (nSPS) is 19.8. The number of hydrogen-bond donors (Lipinski definition) is 1. The second-order valence-corrected chi connectivity index (χ2v) is 6.26. The molecule has 0 radical (unpaired) electrons. The molecule has 2 aliphatic heterocycles. The Morgan fingerprint density at radius 2 is 1.80 bits per heavy atom. The van der Waals surface area contributed by atoms with Crippen LogP contribution in [0, 0.1) is 5.82 Å². The number of piperidine rings is 1. The number of amides is 3. The maximum Gasteiger partial charge on any atom is 0.258 e. The topological polar surface area (TPSA) is 66.5 Å². The van der Waals surface area contributed by atoms with Crippen LogP contribution in [0.2, 0.25) is 0 Å². The molecule has 2 heterocycles. The van der Waals surface area contributed by atoms with Crippen molar-refractivity contribution in [3.8, 4) is 11.1 Å². The van der Waals surface area contributed by atoms with Gasteiger partial charge in [-0.3, -0.25) is 19.7 Å². The molecular weight excluding hydrogens is 323 g/mol. The Balaban J connectivity index is 1.68. The van der Waals surface area contributed by atoms with Crippen molar-refractivity contribution in [2.45, 2.75) is 25.4 Å². The molecule has 0 aromatic heterocycles. The summed E-state index contributed by atoms with van der Waals surface area (Å²) in [6, 6.07) is 11.7. The van der Waals surface area contributed by atoms with E-state index in [2.05, 4.69) is 5.32 Å². The zero-order valence-electron chi connectivity index (χ0n) is 13.3. The van der Waals surface area contributed by atoms with Crippen molar-refractivity contribution in [3.63, 3.8) is 0 Å². The second kappa shape index (κ2) is 5.81. The van der Waals surface area contributed by atoms with E-state index in [0.29, 0.717) is 11.1 Å². The summed E-state index contributed by atoms with van der Waals surface area (Å²) in [5.74, 6) is -1.93. The van der Waals surface area contributed by atoms with E-state index in [1.165, 1.54) is 11.0 Å². The Bertz CT molecular complexity index is 895. The molecule has 2 aromatic rings. The van der Waals surface area contributed by atoms with E-state index in [4.69, 9.17) is 0 Å². The number of halogens is 1. The molecule has 1 unspecified atom stereocenters. The van der Waals surface area contributed by atoms with Crippen LogP contribution < -0.4 is 5.32 Å². The standard InChI is InChI=1S/C19H15FN2O3/c20-14-9-12(11-4-2-1-3-5-11)8-13-10-22(19(25)17(13)14)15-6-7-16(23)21-18(15)24/h1-5,8-9,15H,6-7,10H2,(H,21,23,24). The van der Waals surface area contributed by atoms with Crippen LogP contribution in [0.3, 0.4) is 0 Å². The number of rotatable bonds is 2. The van der Waals surface area contributed by atoms with Crippen molar-refractivity contribution < 1.29 is 18.8 Å². The number of carbonyl (C=O) groups excluding carboxylic acids is 3. The fraction of sp³-hybridized carbons (Fsp3) is 0.211. The molecule has 1 fully saturated rings. The lowest BCUT2D eigenvalue weighted by molar-refractivity contribution is -0.136. The zero-order valence-corrected chi connectivity index (χ0v) is 13.3. The molecule has 1 atom stereocenters. The Kier molecular flexibility index (Phi) is 3.60. The average Bonchev–Trinajstić information content (AvgIpc) is 2.93. The lowest BCUT2D eigenvalue weighted by Crippen LogP contribution is -2.52. The number of fused-ring (bicyclic) bond motifs is 1. The highest BCUT2D eigenvalue weighted by molar-refractivity contribution is 6.05. The SMILES string of the molecule is O=C1CCC(N2Cc3cc(-c4ccccc4)cc(F)c3C2=O)C(=O)N1. The zero-order chi connectivity index (χ0) is 17.6. The first-order valence-electron chi connectivity index (χ1n) is 8.07. The Morgan fingerprint density at radius 3 is 2.52 bits per heavy atom. The molecule has 0 spiro atoms. The van der Waals surface area contributed by atoms with Gasteiger partial charge in [-0.25, -0.2) is 4.39 Å². The van der Waals surface area contributed by atoms with E-state index in [0.717, 1.165) is 5.56 Å². The number of carbonyl (C=O) groups is 3. The van der Waals surface area contributed by atoms with Gasteiger partial charge < -0.3 is 4.90 Å². The quantitative estimate of drug-likeness (QED) is 0.854. The monoisotopic (exact) mass is 338 g/mol. The highest BCUT2D eigenvalue weighted by Gasteiger charge is 2.40. The van der Waals surface area contributed by atoms with Crippen molar-refractivity contribution in [2.24, 2.45) is 0 Å². The van der Waals surface area contributed by atoms with Crippen molar-refractivity contribution in [2.75, 3.05) is 0 Å². The molecule has 0 aliphatic carbocycles. The van der Waals surface area contributed by atoms with Crippen molar-refractivity contribution >= 4 is 17.7 Å². The number of benzene rings is 2. The fourth-order valence-corrected chi connectivity index (χ4v) is 3.46. The van der Waals surface area contributed by atoms with E-state index < -0.39 is 23.7 Å². The van der Waals surface area contributed by atoms with Crippen LogP contribution >= 0.6 is 0 Å². The summed E-state index contributed by atoms with van der Waals surface area (Å²) in [6.45, 7) is 0.165. The van der Waals surface area contributed by atoms with E-state index in [1.54, 1.807) is 6.07 Å². The molecule has 1 saturated heterocycles. The number of hydrogen-bond acceptors (Lipinski definition) is 3. The number of nitrogens with zero attached hydrogens (tertiary/aromatic N) is 1. The molecule has 25 heavy (non-hydrogen) atoms. The van der Waals surface area contributed by atoms with Gasteiger partial charge in [0, 0.05) is 13.0 Å². The molecule has 3 amide bonds. The fourth-order valence-electron chi connectivity index (χ4n) is 3.46. The summed E-state index contributed by atoms with van der Waals surface area (Å²) in [7, 11) is 0. The van der Waals surface area contributed by atoms with Gasteiger partial charge in [0.15, 0.2) is 0 Å². The molecule has 126 valence electrons. The van der Waals surface area contributed by atoms with Crippen LogP contribution in [0.5, 0.6) is 0 Å². The van der Waals surface area contributed by atoms with Crippen molar-refractivity contribution in [1.29, 1.82) is 0 Å². The van der Waals surface area contributed by atoms with Gasteiger partial charge in [0.2, 0.25) is 11.8 Å². The first kappa shape index (κ1) is 15.5. The lowest BCUT2D eigenvalue weighted by Gasteiger charge is -2.29. The van der Waals surface area contributed by atoms with Gasteiger partial charge in [-0.15, -0.1) is 0 Å². The van der Waals surface area contributed by atoms with Gasteiger partial charge in [0.05, 0.1) is 5.56 Å². The molecule has 6 heteroatoms. The molecule has 0 saturated carbocycles. The Labute approximate surface area is 143 Å². The molecule has 2 aliphatic rings. The first-order chi connectivity index (χ1) is 12.0. The first-order valence-corrected chi connectivity index (χ1v) is 8.07. The van der Waals surface area contributed by atoms with Crippen LogP contribution in [0.15, 0.2) is 42.5 Å². The number of imide groups is 1. The predicted molar refractivity (Wildman–Crippen MR) is 87.9 cm³/mol. The molecule has 2 aromatic carbocycles. The van der Waals surface area contributed by atoms with Crippen LogP contribution in [-0.4, -0.2) is 28.7 Å². The third kappa shape index (κ3) is 2.59. The van der Waals surface area contributed by atoms with Crippen LogP contribution in [0.25, 0.3) is 11.1 Å². The average molecular weight is 338 g/mol. The van der Waals surface area contributed by atoms with E-state index >= 15 is 0 Å². The summed E-state index contributed by atoms with van der Waals surface area (Å²) in [5.41, 5.74) is 2.13. The third-order valence-corrected chi connectivity index (χ3v) is 4.68. The summed E-state index contributed by atoms with van der Waals surface area (Å²) in [5, 5.41) is 2.24. The summed E-state index contributed by atoms with van der Waals surface area (Å²) in [4.78, 5) is 37.3. The van der Waals surface area contributed by atoms with Crippen molar-refractivity contribution in [1.82, 2.24) is 10.2 Å². The summed E-state index contributed by atoms with van der Waals surface area (Å²) >= 11 is 0. The smallest absolute Gasteiger partial charge is 0.258 e. The molecular formula is C19H15FN2O3. The van der Waals surface area contributed by atoms with Gasteiger partial charge in [-0.1, -0.05) is 30.3 Å². The van der Waals surface area contributed by atoms with Gasteiger partial charge >= 0.3 is 0 Å².